The lowest BCUT2D eigenvalue weighted by molar-refractivity contribution is -0.138. The molecule has 0 aliphatic carbocycles. The highest BCUT2D eigenvalue weighted by molar-refractivity contribution is 7.71. The molecule has 2 aromatic rings. The van der Waals surface area contributed by atoms with E-state index in [2.05, 4.69) is 15.3 Å². The van der Waals surface area contributed by atoms with Gasteiger partial charge in [-0.05, 0) is 44.3 Å². The number of carbonyl (C=O) groups is 1. The number of benzene rings is 1. The monoisotopic (exact) mass is 402 g/mol. The number of carbonyl (C=O) groups excluding carboxylic acids is 1. The van der Waals surface area contributed by atoms with Crippen molar-refractivity contribution in [2.45, 2.75) is 19.8 Å². The number of anilines is 2. The first-order valence-corrected chi connectivity index (χ1v) is 9.08. The zero-order chi connectivity index (χ0) is 20.4. The molecule has 1 unspecified atom stereocenters. The number of rotatable bonds is 5. The SMILES string of the molecule is CCOC(=O)C1=C(C)Nc2nc(=S)[nH]c(N)c2C1c1cc(OC)ccc1OC. The molecule has 28 heavy (non-hydrogen) atoms. The van der Waals surface area contributed by atoms with Crippen LogP contribution in [0.2, 0.25) is 0 Å². The molecule has 4 N–H and O–H groups in total. The second-order valence-corrected chi connectivity index (χ2v) is 6.53. The summed E-state index contributed by atoms with van der Waals surface area (Å²) in [6.45, 7) is 3.79. The normalized spacial score (nSPS) is 15.5. The first-order valence-electron chi connectivity index (χ1n) is 8.67. The fraction of sp³-hybridized carbons (Fsp3) is 0.316. The molecule has 1 aliphatic heterocycles. The van der Waals surface area contributed by atoms with Gasteiger partial charge in [-0.1, -0.05) is 0 Å². The lowest BCUT2D eigenvalue weighted by Gasteiger charge is -2.31. The summed E-state index contributed by atoms with van der Waals surface area (Å²) in [4.78, 5) is 20.1. The predicted molar refractivity (Wildman–Crippen MR) is 108 cm³/mol. The minimum absolute atomic E-state index is 0.243. The van der Waals surface area contributed by atoms with Crippen molar-refractivity contribution in [3.63, 3.8) is 0 Å². The van der Waals surface area contributed by atoms with Crippen LogP contribution in [0.4, 0.5) is 11.6 Å². The van der Waals surface area contributed by atoms with Crippen molar-refractivity contribution < 1.29 is 19.0 Å². The summed E-state index contributed by atoms with van der Waals surface area (Å²) in [7, 11) is 3.14. The summed E-state index contributed by atoms with van der Waals surface area (Å²) in [5, 5.41) is 3.13. The van der Waals surface area contributed by atoms with Gasteiger partial charge in [-0.2, -0.15) is 0 Å². The van der Waals surface area contributed by atoms with E-state index in [1.807, 2.05) is 6.07 Å². The molecule has 0 fully saturated rings. The molecule has 1 aliphatic rings. The Labute approximate surface area is 167 Å². The van der Waals surface area contributed by atoms with Gasteiger partial charge in [0, 0.05) is 16.8 Å². The number of allylic oxidation sites excluding steroid dienone is 1. The van der Waals surface area contributed by atoms with E-state index in [1.165, 1.54) is 0 Å². The number of nitrogens with one attached hydrogen (secondary N) is 2. The third-order valence-electron chi connectivity index (χ3n) is 4.53. The van der Waals surface area contributed by atoms with Crippen LogP contribution >= 0.6 is 12.2 Å². The predicted octanol–water partition coefficient (Wildman–Crippen LogP) is 3.13. The molecular weight excluding hydrogens is 380 g/mol. The number of nitrogens with two attached hydrogens (primary N) is 1. The molecule has 0 saturated heterocycles. The minimum Gasteiger partial charge on any atom is -0.497 e. The summed E-state index contributed by atoms with van der Waals surface area (Å²) >= 11 is 5.15. The molecule has 0 radical (unpaired) electrons. The van der Waals surface area contributed by atoms with Gasteiger partial charge in [-0.15, -0.1) is 0 Å². The largest absolute Gasteiger partial charge is 0.497 e. The van der Waals surface area contributed by atoms with Crippen molar-refractivity contribution in [1.29, 1.82) is 0 Å². The van der Waals surface area contributed by atoms with Crippen LogP contribution in [0, 0.1) is 4.77 Å². The Kier molecular flexibility index (Phi) is 5.55. The van der Waals surface area contributed by atoms with E-state index < -0.39 is 11.9 Å². The number of hydrogen-bond donors (Lipinski definition) is 3. The molecule has 3 rings (SSSR count). The number of methoxy groups -OCH3 is 2. The van der Waals surface area contributed by atoms with E-state index in [-0.39, 0.29) is 11.4 Å². The number of hydrogen-bond acceptors (Lipinski definition) is 8. The molecule has 0 spiro atoms. The molecule has 9 heteroatoms. The summed E-state index contributed by atoms with van der Waals surface area (Å²) in [5.74, 6) is 0.963. The third-order valence-corrected chi connectivity index (χ3v) is 4.72. The molecule has 2 heterocycles. The molecule has 0 saturated carbocycles. The maximum absolute atomic E-state index is 12.9. The van der Waals surface area contributed by atoms with Crippen LogP contribution in [0.25, 0.3) is 0 Å². The zero-order valence-electron chi connectivity index (χ0n) is 16.1. The first-order chi connectivity index (χ1) is 13.4. The van der Waals surface area contributed by atoms with Gasteiger partial charge in [0.2, 0.25) is 0 Å². The van der Waals surface area contributed by atoms with Gasteiger partial charge in [-0.3, -0.25) is 0 Å². The summed E-state index contributed by atoms with van der Waals surface area (Å²) in [6, 6.07) is 5.37. The van der Waals surface area contributed by atoms with E-state index in [0.717, 1.165) is 0 Å². The number of esters is 1. The number of nitrogens with zero attached hydrogens (tertiary/aromatic N) is 1. The van der Waals surface area contributed by atoms with Crippen LogP contribution in [0.15, 0.2) is 29.5 Å². The van der Waals surface area contributed by atoms with Gasteiger partial charge in [0.05, 0.1) is 32.3 Å². The Hall–Kier alpha value is -3.07. The van der Waals surface area contributed by atoms with Gasteiger partial charge in [-0.25, -0.2) is 9.78 Å². The number of aromatic amines is 1. The molecule has 0 bridgehead atoms. The highest BCUT2D eigenvalue weighted by Gasteiger charge is 2.37. The molecule has 1 atom stereocenters. The van der Waals surface area contributed by atoms with Crippen LogP contribution in [0.3, 0.4) is 0 Å². The van der Waals surface area contributed by atoms with Gasteiger partial charge in [0.1, 0.15) is 23.1 Å². The summed E-state index contributed by atoms with van der Waals surface area (Å²) in [6.07, 6.45) is 0. The zero-order valence-corrected chi connectivity index (χ0v) is 16.9. The highest BCUT2D eigenvalue weighted by atomic mass is 32.1. The van der Waals surface area contributed by atoms with E-state index >= 15 is 0 Å². The number of ether oxygens (including phenoxy) is 3. The summed E-state index contributed by atoms with van der Waals surface area (Å²) < 4.78 is 16.5. The molecule has 8 nitrogen and oxygen atoms in total. The highest BCUT2D eigenvalue weighted by Crippen LogP contribution is 2.47. The van der Waals surface area contributed by atoms with Crippen LogP contribution in [-0.4, -0.2) is 36.8 Å². The number of aromatic nitrogens is 2. The van der Waals surface area contributed by atoms with Crippen LogP contribution in [0.5, 0.6) is 11.5 Å². The first kappa shape index (κ1) is 19.7. The van der Waals surface area contributed by atoms with Gasteiger partial charge >= 0.3 is 5.97 Å². The average molecular weight is 402 g/mol. The van der Waals surface area contributed by atoms with Crippen molar-refractivity contribution in [3.05, 3.63) is 45.4 Å². The summed E-state index contributed by atoms with van der Waals surface area (Å²) in [5.41, 5.74) is 8.58. The van der Waals surface area contributed by atoms with Crippen molar-refractivity contribution in [2.24, 2.45) is 0 Å². The number of H-pyrrole nitrogens is 1. The Balaban J connectivity index is 2.34. The Morgan fingerprint density at radius 2 is 2.07 bits per heavy atom. The van der Waals surface area contributed by atoms with Crippen molar-refractivity contribution >= 4 is 29.8 Å². The Morgan fingerprint density at radius 1 is 1.32 bits per heavy atom. The van der Waals surface area contributed by atoms with Crippen LogP contribution in [0.1, 0.15) is 30.9 Å². The quantitative estimate of drug-likeness (QED) is 0.517. The lowest BCUT2D eigenvalue weighted by Crippen LogP contribution is -2.26. The average Bonchev–Trinajstić information content (AvgIpc) is 2.66. The second-order valence-electron chi connectivity index (χ2n) is 6.14. The maximum atomic E-state index is 12.9. The Bertz CT molecular complexity index is 1020. The number of nitrogen functional groups attached to an aromatic ring is 1. The fourth-order valence-corrected chi connectivity index (χ4v) is 3.55. The topological polar surface area (TPSA) is 111 Å². The van der Waals surface area contributed by atoms with Gasteiger partial charge in [0.15, 0.2) is 4.77 Å². The van der Waals surface area contributed by atoms with Gasteiger partial charge in [0.25, 0.3) is 0 Å². The third kappa shape index (κ3) is 3.40. The van der Waals surface area contributed by atoms with Crippen molar-refractivity contribution in [2.75, 3.05) is 31.9 Å². The maximum Gasteiger partial charge on any atom is 0.336 e. The van der Waals surface area contributed by atoms with Crippen LogP contribution in [-0.2, 0) is 9.53 Å². The molecule has 1 aromatic heterocycles. The minimum atomic E-state index is -0.584. The van der Waals surface area contributed by atoms with Crippen molar-refractivity contribution in [1.82, 2.24) is 9.97 Å². The van der Waals surface area contributed by atoms with E-state index in [0.29, 0.717) is 45.5 Å². The fourth-order valence-electron chi connectivity index (χ4n) is 3.35. The Morgan fingerprint density at radius 3 is 2.71 bits per heavy atom. The molecule has 1 aromatic carbocycles. The molecule has 148 valence electrons. The van der Waals surface area contributed by atoms with Crippen LogP contribution < -0.4 is 20.5 Å². The number of fused-ring (bicyclic) bond motifs is 1. The van der Waals surface area contributed by atoms with Gasteiger partial charge < -0.3 is 30.2 Å². The van der Waals surface area contributed by atoms with E-state index in [1.54, 1.807) is 40.2 Å². The molecule has 0 amide bonds. The molecular formula is C19H22N4O4S. The lowest BCUT2D eigenvalue weighted by atomic mass is 9.81. The second kappa shape index (κ2) is 7.89. The standard InChI is InChI=1S/C19H22N4O4S/c1-5-27-18(24)13-9(2)21-17-15(16(20)22-19(28)23-17)14(13)11-8-10(25-3)6-7-12(11)26-4/h6-8,14H,5H2,1-4H3,(H4,20,21,22,23,28). The van der Waals surface area contributed by atoms with E-state index in [4.69, 9.17) is 32.2 Å². The van der Waals surface area contributed by atoms with Crippen molar-refractivity contribution in [3.8, 4) is 11.5 Å². The smallest absolute Gasteiger partial charge is 0.336 e. The van der Waals surface area contributed by atoms with E-state index in [9.17, 15) is 4.79 Å².